The van der Waals surface area contributed by atoms with Gasteiger partial charge in [-0.25, -0.2) is 4.39 Å². The van der Waals surface area contributed by atoms with Gasteiger partial charge in [0.2, 0.25) is 0 Å². The number of carbonyl (C=O) groups is 1. The van der Waals surface area contributed by atoms with Gasteiger partial charge in [0, 0.05) is 0 Å². The molecule has 0 heterocycles. The molecule has 0 spiro atoms. The molecule has 0 atom stereocenters. The van der Waals surface area contributed by atoms with Crippen LogP contribution in [0.15, 0.2) is 29.8 Å². The SMILES string of the molecule is CCCCCC/C(C=O)=C\c1ccc(F)cc1. The second kappa shape index (κ2) is 7.77. The summed E-state index contributed by atoms with van der Waals surface area (Å²) in [5.41, 5.74) is 1.66. The summed E-state index contributed by atoms with van der Waals surface area (Å²) in [7, 11) is 0. The van der Waals surface area contributed by atoms with Gasteiger partial charge >= 0.3 is 0 Å². The van der Waals surface area contributed by atoms with E-state index in [-0.39, 0.29) is 5.82 Å². The minimum atomic E-state index is -0.252. The van der Waals surface area contributed by atoms with Gasteiger partial charge < -0.3 is 0 Å². The van der Waals surface area contributed by atoms with E-state index in [1.807, 2.05) is 6.08 Å². The Bertz CT molecular complexity index is 365. The van der Waals surface area contributed by atoms with Crippen LogP contribution in [0.4, 0.5) is 4.39 Å². The van der Waals surface area contributed by atoms with E-state index in [1.54, 1.807) is 12.1 Å². The minimum absolute atomic E-state index is 0.252. The number of unbranched alkanes of at least 4 members (excludes halogenated alkanes) is 3. The predicted octanol–water partition coefficient (Wildman–Crippen LogP) is 4.38. The van der Waals surface area contributed by atoms with Crippen molar-refractivity contribution in [3.8, 4) is 0 Å². The summed E-state index contributed by atoms with van der Waals surface area (Å²) in [4.78, 5) is 10.9. The van der Waals surface area contributed by atoms with Crippen molar-refractivity contribution < 1.29 is 9.18 Å². The van der Waals surface area contributed by atoms with Gasteiger partial charge in [-0.15, -0.1) is 0 Å². The third kappa shape index (κ3) is 5.43. The maximum atomic E-state index is 12.7. The summed E-state index contributed by atoms with van der Waals surface area (Å²) in [6, 6.07) is 6.19. The first kappa shape index (κ1) is 13.6. The van der Waals surface area contributed by atoms with Gasteiger partial charge in [0.15, 0.2) is 0 Å². The second-order valence-electron chi connectivity index (χ2n) is 4.20. The molecule has 0 aliphatic heterocycles. The van der Waals surface area contributed by atoms with E-state index in [2.05, 4.69) is 6.92 Å². The van der Waals surface area contributed by atoms with Crippen molar-refractivity contribution >= 4 is 12.4 Å². The molecule has 1 aromatic carbocycles. The van der Waals surface area contributed by atoms with Gasteiger partial charge in [-0.2, -0.15) is 0 Å². The molecule has 0 amide bonds. The highest BCUT2D eigenvalue weighted by Gasteiger charge is 1.97. The Morgan fingerprint density at radius 3 is 2.47 bits per heavy atom. The molecule has 0 N–H and O–H groups in total. The zero-order valence-electron chi connectivity index (χ0n) is 10.3. The highest BCUT2D eigenvalue weighted by atomic mass is 19.1. The van der Waals surface area contributed by atoms with Gasteiger partial charge in [-0.3, -0.25) is 4.79 Å². The van der Waals surface area contributed by atoms with Crippen molar-refractivity contribution in [3.05, 3.63) is 41.2 Å². The zero-order valence-corrected chi connectivity index (χ0v) is 10.3. The molecule has 17 heavy (non-hydrogen) atoms. The summed E-state index contributed by atoms with van der Waals surface area (Å²) in [5.74, 6) is -0.252. The molecule has 0 saturated carbocycles. The van der Waals surface area contributed by atoms with Gasteiger partial charge in [0.25, 0.3) is 0 Å². The van der Waals surface area contributed by atoms with E-state index in [1.165, 1.54) is 25.0 Å². The molecule has 0 aliphatic carbocycles. The normalized spacial score (nSPS) is 11.5. The predicted molar refractivity (Wildman–Crippen MR) is 69.2 cm³/mol. The summed E-state index contributed by atoms with van der Waals surface area (Å²) >= 11 is 0. The van der Waals surface area contributed by atoms with Crippen LogP contribution >= 0.6 is 0 Å². The first-order valence-corrected chi connectivity index (χ1v) is 6.17. The molecule has 92 valence electrons. The highest BCUT2D eigenvalue weighted by molar-refractivity contribution is 5.81. The summed E-state index contributed by atoms with van der Waals surface area (Å²) in [5, 5.41) is 0. The van der Waals surface area contributed by atoms with Gasteiger partial charge in [-0.1, -0.05) is 38.3 Å². The molecule has 1 aromatic rings. The number of carbonyl (C=O) groups excluding carboxylic acids is 1. The third-order valence-corrected chi connectivity index (χ3v) is 2.69. The van der Waals surface area contributed by atoms with E-state index in [0.717, 1.165) is 36.7 Å². The number of allylic oxidation sites excluding steroid dienone is 1. The monoisotopic (exact) mass is 234 g/mol. The van der Waals surface area contributed by atoms with Crippen molar-refractivity contribution in [1.29, 1.82) is 0 Å². The van der Waals surface area contributed by atoms with E-state index in [4.69, 9.17) is 0 Å². The number of aldehydes is 1. The van der Waals surface area contributed by atoms with Crippen molar-refractivity contribution in [3.63, 3.8) is 0 Å². The molecule has 0 bridgehead atoms. The lowest BCUT2D eigenvalue weighted by Crippen LogP contribution is -1.87. The maximum Gasteiger partial charge on any atom is 0.146 e. The average molecular weight is 234 g/mol. The fourth-order valence-electron chi connectivity index (χ4n) is 1.69. The average Bonchev–Trinajstić information content (AvgIpc) is 2.35. The summed E-state index contributed by atoms with van der Waals surface area (Å²) in [6.45, 7) is 2.16. The highest BCUT2D eigenvalue weighted by Crippen LogP contribution is 2.13. The maximum absolute atomic E-state index is 12.7. The number of rotatable bonds is 7. The Morgan fingerprint density at radius 2 is 1.88 bits per heavy atom. The topological polar surface area (TPSA) is 17.1 Å². The molecule has 2 heteroatoms. The molecule has 1 nitrogen and oxygen atoms in total. The van der Waals surface area contributed by atoms with Crippen LogP contribution in [0, 0.1) is 5.82 Å². The molecule has 0 radical (unpaired) electrons. The van der Waals surface area contributed by atoms with Crippen molar-refractivity contribution in [2.45, 2.75) is 39.0 Å². The lowest BCUT2D eigenvalue weighted by atomic mass is 10.0. The van der Waals surface area contributed by atoms with Crippen molar-refractivity contribution in [2.75, 3.05) is 0 Å². The quantitative estimate of drug-likeness (QED) is 0.389. The number of halogens is 1. The molecule has 0 aliphatic rings. The van der Waals surface area contributed by atoms with Crippen LogP contribution < -0.4 is 0 Å². The summed E-state index contributed by atoms with van der Waals surface area (Å²) in [6.07, 6.45) is 8.14. The second-order valence-corrected chi connectivity index (χ2v) is 4.20. The molecular weight excluding hydrogens is 215 g/mol. The lowest BCUT2D eigenvalue weighted by molar-refractivity contribution is -0.105. The van der Waals surface area contributed by atoms with Crippen molar-refractivity contribution in [1.82, 2.24) is 0 Å². The molecule has 0 aromatic heterocycles. The van der Waals surface area contributed by atoms with Gasteiger partial charge in [-0.05, 0) is 42.2 Å². The zero-order chi connectivity index (χ0) is 12.5. The van der Waals surface area contributed by atoms with Crippen molar-refractivity contribution in [2.24, 2.45) is 0 Å². The van der Waals surface area contributed by atoms with Crippen LogP contribution in [-0.2, 0) is 4.79 Å². The Morgan fingerprint density at radius 1 is 1.18 bits per heavy atom. The molecule has 0 fully saturated rings. The Kier molecular flexibility index (Phi) is 6.23. The number of benzene rings is 1. The number of hydrogen-bond acceptors (Lipinski definition) is 1. The largest absolute Gasteiger partial charge is 0.298 e. The lowest BCUT2D eigenvalue weighted by Gasteiger charge is -2.00. The van der Waals surface area contributed by atoms with Crippen LogP contribution in [-0.4, -0.2) is 6.29 Å². The molecule has 0 unspecified atom stereocenters. The van der Waals surface area contributed by atoms with E-state index < -0.39 is 0 Å². The van der Waals surface area contributed by atoms with Crippen LogP contribution in [0.1, 0.15) is 44.6 Å². The Labute approximate surface area is 102 Å². The standard InChI is InChI=1S/C15H19FO/c1-2-3-4-5-6-14(12-17)11-13-7-9-15(16)10-8-13/h7-12H,2-6H2,1H3/b14-11+. The van der Waals surface area contributed by atoms with E-state index in [0.29, 0.717) is 0 Å². The smallest absolute Gasteiger partial charge is 0.146 e. The Balaban J connectivity index is 2.54. The van der Waals surface area contributed by atoms with Crippen LogP contribution in [0.5, 0.6) is 0 Å². The fraction of sp³-hybridized carbons (Fsp3) is 0.400. The molecule has 0 saturated heterocycles. The van der Waals surface area contributed by atoms with E-state index >= 15 is 0 Å². The fourth-order valence-corrected chi connectivity index (χ4v) is 1.69. The molecular formula is C15H19FO. The molecule has 1 rings (SSSR count). The number of hydrogen-bond donors (Lipinski definition) is 0. The van der Waals surface area contributed by atoms with Crippen LogP contribution in [0.2, 0.25) is 0 Å². The third-order valence-electron chi connectivity index (χ3n) is 2.69. The van der Waals surface area contributed by atoms with E-state index in [9.17, 15) is 9.18 Å². The van der Waals surface area contributed by atoms with Gasteiger partial charge in [0.1, 0.15) is 12.1 Å². The first-order valence-electron chi connectivity index (χ1n) is 6.17. The van der Waals surface area contributed by atoms with Crippen LogP contribution in [0.25, 0.3) is 6.08 Å². The van der Waals surface area contributed by atoms with Gasteiger partial charge in [0.05, 0.1) is 0 Å². The summed E-state index contributed by atoms with van der Waals surface area (Å²) < 4.78 is 12.7. The minimum Gasteiger partial charge on any atom is -0.298 e. The Hall–Kier alpha value is -1.44. The van der Waals surface area contributed by atoms with Crippen LogP contribution in [0.3, 0.4) is 0 Å². The first-order chi connectivity index (χ1) is 8.26.